The molecule has 6 nitrogen and oxygen atoms in total. The second-order valence-corrected chi connectivity index (χ2v) is 10.4. The van der Waals surface area contributed by atoms with Crippen molar-refractivity contribution in [2.45, 2.75) is 63.4 Å². The lowest BCUT2D eigenvalue weighted by atomic mass is 9.69. The fourth-order valence-electron chi connectivity index (χ4n) is 7.31. The third-order valence-electron chi connectivity index (χ3n) is 8.54. The summed E-state index contributed by atoms with van der Waals surface area (Å²) in [4.78, 5) is 0. The van der Waals surface area contributed by atoms with E-state index in [4.69, 9.17) is 4.74 Å². The number of piperidine rings is 1. The molecule has 4 aliphatic heterocycles. The van der Waals surface area contributed by atoms with Crippen LogP contribution in [0.25, 0.3) is 0 Å². The Hall–Kier alpha value is -0.310. The highest BCUT2D eigenvalue weighted by Crippen LogP contribution is 2.42. The van der Waals surface area contributed by atoms with E-state index < -0.39 is 6.17 Å². The first-order valence-corrected chi connectivity index (χ1v) is 12.1. The second kappa shape index (κ2) is 8.67. The summed E-state index contributed by atoms with van der Waals surface area (Å²) in [6.45, 7) is 8.27. The average molecular weight is 410 g/mol. The third-order valence-corrected chi connectivity index (χ3v) is 8.54. The van der Waals surface area contributed by atoms with Crippen LogP contribution in [0, 0.1) is 29.6 Å². The van der Waals surface area contributed by atoms with Crippen molar-refractivity contribution in [3.05, 3.63) is 0 Å². The van der Waals surface area contributed by atoms with E-state index in [2.05, 4.69) is 40.2 Å². The quantitative estimate of drug-likeness (QED) is 0.609. The van der Waals surface area contributed by atoms with E-state index in [9.17, 15) is 4.39 Å². The largest absolute Gasteiger partial charge is 0.377 e. The van der Waals surface area contributed by atoms with Crippen LogP contribution in [0.3, 0.4) is 0 Å². The van der Waals surface area contributed by atoms with Gasteiger partial charge in [0.05, 0.1) is 12.7 Å². The highest BCUT2D eigenvalue weighted by atomic mass is 19.1. The molecule has 1 aliphatic carbocycles. The van der Waals surface area contributed by atoms with Crippen LogP contribution in [0.5, 0.6) is 0 Å². The summed E-state index contributed by atoms with van der Waals surface area (Å²) in [5.74, 6) is 2.81. The van der Waals surface area contributed by atoms with E-state index in [-0.39, 0.29) is 6.10 Å². The predicted molar refractivity (Wildman–Crippen MR) is 112 cm³/mol. The van der Waals surface area contributed by atoms with E-state index in [0.29, 0.717) is 48.1 Å². The van der Waals surface area contributed by atoms with Crippen LogP contribution >= 0.6 is 0 Å². The van der Waals surface area contributed by atoms with E-state index >= 15 is 0 Å². The Kier molecular flexibility index (Phi) is 6.16. The molecule has 4 heterocycles. The summed E-state index contributed by atoms with van der Waals surface area (Å²) in [5, 5.41) is 8.45. The van der Waals surface area contributed by atoms with Crippen molar-refractivity contribution in [1.29, 1.82) is 0 Å². The van der Waals surface area contributed by atoms with E-state index in [1.54, 1.807) is 0 Å². The van der Waals surface area contributed by atoms with Gasteiger partial charge in [-0.3, -0.25) is 10.9 Å². The first kappa shape index (κ1) is 20.6. The van der Waals surface area contributed by atoms with Crippen LogP contribution in [0.2, 0.25) is 0 Å². The van der Waals surface area contributed by atoms with Crippen molar-refractivity contribution in [2.24, 2.45) is 29.6 Å². The minimum absolute atomic E-state index is 0.267. The number of hydrogen-bond acceptors (Lipinski definition) is 6. The Balaban J connectivity index is 1.43. The van der Waals surface area contributed by atoms with Crippen molar-refractivity contribution < 1.29 is 9.13 Å². The smallest absolute Gasteiger partial charge is 0.100 e. The molecule has 5 rings (SSSR count). The summed E-state index contributed by atoms with van der Waals surface area (Å²) in [5.41, 5.74) is 7.50. The van der Waals surface area contributed by atoms with Crippen LogP contribution in [-0.2, 0) is 4.74 Å². The van der Waals surface area contributed by atoms with Crippen LogP contribution in [-0.4, -0.2) is 80.8 Å². The molecule has 0 spiro atoms. The number of alkyl halides is 1. The molecule has 0 aromatic rings. The van der Waals surface area contributed by atoms with E-state index in [1.165, 1.54) is 6.42 Å². The molecule has 7 heteroatoms. The summed E-state index contributed by atoms with van der Waals surface area (Å²) in [6.07, 6.45) is 4.42. The number of hydrogen-bond donors (Lipinski definition) is 3. The lowest BCUT2D eigenvalue weighted by Crippen LogP contribution is -2.53. The minimum atomic E-state index is -0.649. The average Bonchev–Trinajstić information content (AvgIpc) is 3.29. The summed E-state index contributed by atoms with van der Waals surface area (Å²) in [7, 11) is 2.18. The fourth-order valence-corrected chi connectivity index (χ4v) is 7.31. The molecule has 29 heavy (non-hydrogen) atoms. The molecule has 1 saturated carbocycles. The van der Waals surface area contributed by atoms with Crippen LogP contribution < -0.4 is 16.2 Å². The van der Waals surface area contributed by atoms with Crippen LogP contribution in [0.4, 0.5) is 4.39 Å². The number of nitrogens with one attached hydrogen (secondary N) is 3. The third kappa shape index (κ3) is 4.11. The number of fused-ring (bicyclic) bond motifs is 7. The molecule has 9 unspecified atom stereocenters. The Bertz CT molecular complexity index is 567. The van der Waals surface area contributed by atoms with Crippen LogP contribution in [0.1, 0.15) is 39.0 Å². The fraction of sp³-hybridized carbons (Fsp3) is 1.00. The Labute approximate surface area is 175 Å². The molecule has 0 aromatic heterocycles. The Morgan fingerprint density at radius 2 is 1.86 bits per heavy atom. The Morgan fingerprint density at radius 3 is 2.72 bits per heavy atom. The molecule has 0 radical (unpaired) electrons. The van der Waals surface area contributed by atoms with Gasteiger partial charge in [0.15, 0.2) is 0 Å². The van der Waals surface area contributed by atoms with E-state index in [0.717, 1.165) is 58.6 Å². The molecule has 0 amide bonds. The number of hydrazine groups is 2. The predicted octanol–water partition coefficient (Wildman–Crippen LogP) is 1.40. The molecule has 4 saturated heterocycles. The molecule has 0 aromatic carbocycles. The lowest BCUT2D eigenvalue weighted by molar-refractivity contribution is -0.0464. The summed E-state index contributed by atoms with van der Waals surface area (Å²) < 4.78 is 20.8. The first-order valence-electron chi connectivity index (χ1n) is 12.1. The van der Waals surface area contributed by atoms with Crippen molar-refractivity contribution in [2.75, 3.05) is 46.4 Å². The van der Waals surface area contributed by atoms with Crippen molar-refractivity contribution in [1.82, 2.24) is 26.2 Å². The van der Waals surface area contributed by atoms with Gasteiger partial charge in [-0.05, 0) is 68.2 Å². The number of ether oxygens (including phenoxy) is 1. The molecule has 5 fully saturated rings. The van der Waals surface area contributed by atoms with Gasteiger partial charge in [0.25, 0.3) is 0 Å². The van der Waals surface area contributed by atoms with Gasteiger partial charge < -0.3 is 10.1 Å². The molecule has 5 aliphatic rings. The van der Waals surface area contributed by atoms with Gasteiger partial charge in [0, 0.05) is 45.3 Å². The molecular weight excluding hydrogens is 369 g/mol. The summed E-state index contributed by atoms with van der Waals surface area (Å²) in [6, 6.07) is 1.05. The zero-order chi connectivity index (χ0) is 20.0. The number of nitrogens with zero attached hydrogens (tertiary/aromatic N) is 2. The maximum atomic E-state index is 14.3. The monoisotopic (exact) mass is 409 g/mol. The maximum absolute atomic E-state index is 14.3. The van der Waals surface area contributed by atoms with Crippen LogP contribution in [0.15, 0.2) is 0 Å². The maximum Gasteiger partial charge on any atom is 0.100 e. The second-order valence-electron chi connectivity index (χ2n) is 10.4. The normalized spacial score (nSPS) is 49.6. The summed E-state index contributed by atoms with van der Waals surface area (Å²) >= 11 is 0. The molecule has 2 bridgehead atoms. The zero-order valence-corrected chi connectivity index (χ0v) is 18.2. The number of halogens is 1. The number of rotatable bonds is 1. The molecule has 9 atom stereocenters. The highest BCUT2D eigenvalue weighted by molar-refractivity contribution is 5.00. The van der Waals surface area contributed by atoms with Gasteiger partial charge >= 0.3 is 0 Å². The van der Waals surface area contributed by atoms with E-state index in [1.807, 2.05) is 0 Å². The highest BCUT2D eigenvalue weighted by Gasteiger charge is 2.47. The van der Waals surface area contributed by atoms with Gasteiger partial charge in [0.1, 0.15) is 6.17 Å². The van der Waals surface area contributed by atoms with Gasteiger partial charge in [0.2, 0.25) is 0 Å². The Morgan fingerprint density at radius 1 is 1.00 bits per heavy atom. The topological polar surface area (TPSA) is 51.8 Å². The van der Waals surface area contributed by atoms with Gasteiger partial charge in [-0.1, -0.05) is 6.92 Å². The molecule has 166 valence electrons. The molecule has 3 N–H and O–H groups in total. The standard InChI is InChI=1S/C22H40FN5O/c1-3-28-22-14(10-25-28)6-16-12-27(2)26-21(16)20-5-4-18(23)7-17(20)13-29-19-8-15(22)9-24-11-19/h14-22,24-26H,3-13H2,1-2H3. The van der Waals surface area contributed by atoms with Gasteiger partial charge in [-0.25, -0.2) is 14.4 Å². The molecular formula is C22H40FN5O. The van der Waals surface area contributed by atoms with Gasteiger partial charge in [-0.2, -0.15) is 0 Å². The van der Waals surface area contributed by atoms with Crippen molar-refractivity contribution >= 4 is 0 Å². The minimum Gasteiger partial charge on any atom is -0.377 e. The lowest BCUT2D eigenvalue weighted by Gasteiger charge is -2.43. The zero-order valence-electron chi connectivity index (χ0n) is 18.2. The van der Waals surface area contributed by atoms with Crippen molar-refractivity contribution in [3.8, 4) is 0 Å². The SMILES string of the molecule is CCN1NCC2CC3CN(C)NC3C3CCC(F)CC3COC3CNCC(C3)C21. The first-order chi connectivity index (χ1) is 14.1. The van der Waals surface area contributed by atoms with Crippen molar-refractivity contribution in [3.63, 3.8) is 0 Å². The van der Waals surface area contributed by atoms with Gasteiger partial charge in [-0.15, -0.1) is 0 Å².